The predicted molar refractivity (Wildman–Crippen MR) is 47.8 cm³/mol. The number of likely N-dealkylation sites (N-methyl/N-ethyl adjacent to an activating group) is 1. The van der Waals surface area contributed by atoms with E-state index in [-0.39, 0.29) is 6.10 Å². The van der Waals surface area contributed by atoms with Gasteiger partial charge in [0.2, 0.25) is 0 Å². The minimum absolute atomic E-state index is 0.346. The van der Waals surface area contributed by atoms with Gasteiger partial charge >= 0.3 is 0 Å². The number of hydrogen-bond acceptors (Lipinski definition) is 3. The molecule has 62 valence electrons. The Hall–Kier alpha value is -0.380. The summed E-state index contributed by atoms with van der Waals surface area (Å²) in [6, 6.07) is 1.95. The Morgan fingerprint density at radius 1 is 1.73 bits per heavy atom. The van der Waals surface area contributed by atoms with Crippen molar-refractivity contribution in [2.75, 3.05) is 13.1 Å². The third-order valence-corrected chi connectivity index (χ3v) is 2.22. The van der Waals surface area contributed by atoms with E-state index in [0.717, 1.165) is 12.1 Å². The SMILES string of the molecule is CCNCC(O)c1ccsc1. The maximum Gasteiger partial charge on any atom is 0.0922 e. The molecule has 0 aromatic carbocycles. The lowest BCUT2D eigenvalue weighted by atomic mass is 10.2. The molecule has 1 heterocycles. The molecule has 0 aliphatic heterocycles. The van der Waals surface area contributed by atoms with Crippen molar-refractivity contribution in [2.45, 2.75) is 13.0 Å². The molecule has 0 saturated heterocycles. The van der Waals surface area contributed by atoms with Crippen molar-refractivity contribution in [2.24, 2.45) is 0 Å². The van der Waals surface area contributed by atoms with E-state index in [0.29, 0.717) is 6.54 Å². The highest BCUT2D eigenvalue weighted by Crippen LogP contribution is 2.14. The zero-order valence-electron chi connectivity index (χ0n) is 6.58. The van der Waals surface area contributed by atoms with E-state index in [1.165, 1.54) is 0 Å². The number of rotatable bonds is 4. The molecule has 0 radical (unpaired) electrons. The molecular weight excluding hydrogens is 158 g/mol. The fraction of sp³-hybridized carbons (Fsp3) is 0.500. The highest BCUT2D eigenvalue weighted by molar-refractivity contribution is 7.07. The first kappa shape index (κ1) is 8.71. The van der Waals surface area contributed by atoms with Gasteiger partial charge in [0.25, 0.3) is 0 Å². The van der Waals surface area contributed by atoms with Crippen LogP contribution in [0.3, 0.4) is 0 Å². The van der Waals surface area contributed by atoms with Gasteiger partial charge < -0.3 is 10.4 Å². The first-order chi connectivity index (χ1) is 5.34. The van der Waals surface area contributed by atoms with Gasteiger partial charge in [0, 0.05) is 6.54 Å². The molecular formula is C8H13NOS. The number of nitrogens with one attached hydrogen (secondary N) is 1. The van der Waals surface area contributed by atoms with Crippen LogP contribution < -0.4 is 5.32 Å². The third-order valence-electron chi connectivity index (χ3n) is 1.52. The van der Waals surface area contributed by atoms with Crippen LogP contribution in [0.25, 0.3) is 0 Å². The van der Waals surface area contributed by atoms with Crippen LogP contribution in [-0.2, 0) is 0 Å². The second kappa shape index (κ2) is 4.49. The zero-order valence-corrected chi connectivity index (χ0v) is 7.40. The third kappa shape index (κ3) is 2.61. The molecule has 0 amide bonds. The first-order valence-corrected chi connectivity index (χ1v) is 4.69. The Kier molecular flexibility index (Phi) is 3.56. The van der Waals surface area contributed by atoms with E-state index in [2.05, 4.69) is 5.32 Å². The van der Waals surface area contributed by atoms with E-state index in [4.69, 9.17) is 0 Å². The Labute approximate surface area is 70.9 Å². The lowest BCUT2D eigenvalue weighted by Crippen LogP contribution is -2.20. The van der Waals surface area contributed by atoms with Gasteiger partial charge in [-0.1, -0.05) is 6.92 Å². The van der Waals surface area contributed by atoms with Gasteiger partial charge in [0.1, 0.15) is 0 Å². The van der Waals surface area contributed by atoms with E-state index in [1.54, 1.807) is 11.3 Å². The summed E-state index contributed by atoms with van der Waals surface area (Å²) >= 11 is 1.61. The summed E-state index contributed by atoms with van der Waals surface area (Å²) in [4.78, 5) is 0. The molecule has 1 aromatic heterocycles. The number of thiophene rings is 1. The molecule has 2 N–H and O–H groups in total. The van der Waals surface area contributed by atoms with Gasteiger partial charge in [0.05, 0.1) is 6.10 Å². The van der Waals surface area contributed by atoms with Crippen LogP contribution in [0.4, 0.5) is 0 Å². The van der Waals surface area contributed by atoms with Crippen molar-refractivity contribution in [3.05, 3.63) is 22.4 Å². The molecule has 0 saturated carbocycles. The lowest BCUT2D eigenvalue weighted by Gasteiger charge is -2.07. The topological polar surface area (TPSA) is 32.3 Å². The standard InChI is InChI=1S/C8H13NOS/c1-2-9-5-8(10)7-3-4-11-6-7/h3-4,6,8-10H,2,5H2,1H3. The molecule has 1 aromatic rings. The summed E-state index contributed by atoms with van der Waals surface area (Å²) < 4.78 is 0. The van der Waals surface area contributed by atoms with Crippen LogP contribution in [-0.4, -0.2) is 18.2 Å². The minimum Gasteiger partial charge on any atom is -0.387 e. The van der Waals surface area contributed by atoms with E-state index >= 15 is 0 Å². The minimum atomic E-state index is -0.346. The fourth-order valence-corrected chi connectivity index (χ4v) is 1.57. The average Bonchev–Trinajstić information content (AvgIpc) is 2.52. The van der Waals surface area contributed by atoms with E-state index in [1.807, 2.05) is 23.8 Å². The second-order valence-electron chi connectivity index (χ2n) is 2.38. The quantitative estimate of drug-likeness (QED) is 0.717. The molecule has 0 fully saturated rings. The highest BCUT2D eigenvalue weighted by atomic mass is 32.1. The largest absolute Gasteiger partial charge is 0.387 e. The summed E-state index contributed by atoms with van der Waals surface area (Å²) in [7, 11) is 0. The van der Waals surface area contributed by atoms with Crippen molar-refractivity contribution in [3.8, 4) is 0 Å². The monoisotopic (exact) mass is 171 g/mol. The summed E-state index contributed by atoms with van der Waals surface area (Å²) in [6.07, 6.45) is -0.346. The van der Waals surface area contributed by atoms with Crippen LogP contribution >= 0.6 is 11.3 Å². The summed E-state index contributed by atoms with van der Waals surface area (Å²) in [5.74, 6) is 0. The molecule has 0 aliphatic carbocycles. The van der Waals surface area contributed by atoms with Gasteiger partial charge in [-0.2, -0.15) is 11.3 Å². The van der Waals surface area contributed by atoms with Gasteiger partial charge in [-0.15, -0.1) is 0 Å². The molecule has 1 rings (SSSR count). The maximum absolute atomic E-state index is 9.48. The van der Waals surface area contributed by atoms with Crippen molar-refractivity contribution >= 4 is 11.3 Å². The van der Waals surface area contributed by atoms with Crippen LogP contribution in [0.2, 0.25) is 0 Å². The van der Waals surface area contributed by atoms with Crippen molar-refractivity contribution in [1.29, 1.82) is 0 Å². The van der Waals surface area contributed by atoms with Crippen LogP contribution in [0.5, 0.6) is 0 Å². The summed E-state index contributed by atoms with van der Waals surface area (Å²) in [6.45, 7) is 3.58. The number of aliphatic hydroxyl groups is 1. The van der Waals surface area contributed by atoms with Crippen LogP contribution in [0, 0.1) is 0 Å². The van der Waals surface area contributed by atoms with Crippen LogP contribution in [0.1, 0.15) is 18.6 Å². The predicted octanol–water partition coefficient (Wildman–Crippen LogP) is 1.39. The zero-order chi connectivity index (χ0) is 8.10. The molecule has 11 heavy (non-hydrogen) atoms. The first-order valence-electron chi connectivity index (χ1n) is 3.75. The van der Waals surface area contributed by atoms with Crippen molar-refractivity contribution < 1.29 is 5.11 Å². The van der Waals surface area contributed by atoms with E-state index < -0.39 is 0 Å². The van der Waals surface area contributed by atoms with Gasteiger partial charge in [-0.25, -0.2) is 0 Å². The van der Waals surface area contributed by atoms with Crippen LogP contribution in [0.15, 0.2) is 16.8 Å². The van der Waals surface area contributed by atoms with E-state index in [9.17, 15) is 5.11 Å². The van der Waals surface area contributed by atoms with Crippen molar-refractivity contribution in [3.63, 3.8) is 0 Å². The normalized spacial score (nSPS) is 13.3. The maximum atomic E-state index is 9.48. The molecule has 2 nitrogen and oxygen atoms in total. The van der Waals surface area contributed by atoms with Gasteiger partial charge in [-0.05, 0) is 28.9 Å². The van der Waals surface area contributed by atoms with Gasteiger partial charge in [0.15, 0.2) is 0 Å². The number of aliphatic hydroxyl groups excluding tert-OH is 1. The molecule has 0 spiro atoms. The highest BCUT2D eigenvalue weighted by Gasteiger charge is 2.05. The average molecular weight is 171 g/mol. The number of hydrogen-bond donors (Lipinski definition) is 2. The molecule has 1 unspecified atom stereocenters. The Morgan fingerprint density at radius 2 is 2.55 bits per heavy atom. The molecule has 1 atom stereocenters. The molecule has 3 heteroatoms. The molecule has 0 aliphatic rings. The lowest BCUT2D eigenvalue weighted by molar-refractivity contribution is 0.176. The molecule has 0 bridgehead atoms. The summed E-state index contributed by atoms with van der Waals surface area (Å²) in [5.41, 5.74) is 1.01. The fourth-order valence-electron chi connectivity index (χ4n) is 0.864. The Balaban J connectivity index is 2.36. The smallest absolute Gasteiger partial charge is 0.0922 e. The Bertz CT molecular complexity index is 186. The second-order valence-corrected chi connectivity index (χ2v) is 3.16. The van der Waals surface area contributed by atoms with Gasteiger partial charge in [-0.3, -0.25) is 0 Å². The van der Waals surface area contributed by atoms with Crippen molar-refractivity contribution in [1.82, 2.24) is 5.32 Å². The summed E-state index contributed by atoms with van der Waals surface area (Å²) in [5, 5.41) is 16.5. The Morgan fingerprint density at radius 3 is 3.09 bits per heavy atom.